The highest BCUT2D eigenvalue weighted by Gasteiger charge is 2.15. The molecule has 0 atom stereocenters. The van der Waals surface area contributed by atoms with Crippen LogP contribution in [-0.2, 0) is 4.79 Å². The molecule has 0 bridgehead atoms. The maximum absolute atomic E-state index is 12.3. The maximum Gasteiger partial charge on any atom is 0.224 e. The van der Waals surface area contributed by atoms with Crippen LogP contribution in [0.4, 0.5) is 11.4 Å². The summed E-state index contributed by atoms with van der Waals surface area (Å²) in [5.41, 5.74) is 2.05. The van der Waals surface area contributed by atoms with E-state index in [1.54, 1.807) is 0 Å². The minimum absolute atomic E-state index is 0.0427. The quantitative estimate of drug-likeness (QED) is 0.757. The van der Waals surface area contributed by atoms with Crippen LogP contribution in [0.15, 0.2) is 54.6 Å². The number of benzene rings is 2. The minimum atomic E-state index is 0.0427. The van der Waals surface area contributed by atoms with Gasteiger partial charge in [0, 0.05) is 19.5 Å². The van der Waals surface area contributed by atoms with Gasteiger partial charge in [-0.1, -0.05) is 30.3 Å². The summed E-state index contributed by atoms with van der Waals surface area (Å²) in [6, 6.07) is 17.8. The van der Waals surface area contributed by atoms with Crippen LogP contribution in [0.25, 0.3) is 0 Å². The summed E-state index contributed by atoms with van der Waals surface area (Å²) >= 11 is 0. The van der Waals surface area contributed by atoms with E-state index in [4.69, 9.17) is 4.74 Å². The molecule has 0 aliphatic carbocycles. The Morgan fingerprint density at radius 3 is 2.48 bits per heavy atom. The fourth-order valence-electron chi connectivity index (χ4n) is 3.14. The van der Waals surface area contributed by atoms with Gasteiger partial charge in [-0.25, -0.2) is 0 Å². The Morgan fingerprint density at radius 2 is 1.68 bits per heavy atom. The summed E-state index contributed by atoms with van der Waals surface area (Å²) in [5, 5.41) is 3.07. The number of rotatable bonds is 7. The molecule has 1 N–H and O–H groups in total. The van der Waals surface area contributed by atoms with Crippen LogP contribution in [0.3, 0.4) is 0 Å². The van der Waals surface area contributed by atoms with Crippen molar-refractivity contribution in [1.29, 1.82) is 0 Å². The third kappa shape index (κ3) is 5.24. The summed E-state index contributed by atoms with van der Waals surface area (Å²) in [6.45, 7) is 2.68. The van der Waals surface area contributed by atoms with Crippen LogP contribution in [0.1, 0.15) is 32.1 Å². The first kappa shape index (κ1) is 17.3. The Morgan fingerprint density at radius 1 is 0.960 bits per heavy atom. The van der Waals surface area contributed by atoms with E-state index in [0.29, 0.717) is 19.4 Å². The molecule has 1 aliphatic rings. The predicted molar refractivity (Wildman–Crippen MR) is 102 cm³/mol. The SMILES string of the molecule is O=C(CCCOc1ccccc1)Nc1ccccc1N1CCCCC1. The molecular formula is C21H26N2O2. The van der Waals surface area contributed by atoms with Gasteiger partial charge in [0.2, 0.25) is 5.91 Å². The van der Waals surface area contributed by atoms with Gasteiger partial charge in [-0.15, -0.1) is 0 Å². The average molecular weight is 338 g/mol. The molecule has 1 aliphatic heterocycles. The molecule has 25 heavy (non-hydrogen) atoms. The summed E-state index contributed by atoms with van der Waals surface area (Å²) in [5.74, 6) is 0.888. The molecule has 2 aromatic carbocycles. The zero-order valence-corrected chi connectivity index (χ0v) is 14.6. The van der Waals surface area contributed by atoms with Crippen molar-refractivity contribution < 1.29 is 9.53 Å². The van der Waals surface area contributed by atoms with Crippen molar-refractivity contribution in [2.45, 2.75) is 32.1 Å². The molecule has 4 nitrogen and oxygen atoms in total. The number of para-hydroxylation sites is 3. The second kappa shape index (κ2) is 9.11. The number of hydrogen-bond acceptors (Lipinski definition) is 3. The van der Waals surface area contributed by atoms with E-state index in [0.717, 1.165) is 30.2 Å². The van der Waals surface area contributed by atoms with E-state index in [1.807, 2.05) is 48.5 Å². The number of piperidine rings is 1. The number of nitrogens with zero attached hydrogens (tertiary/aromatic N) is 1. The summed E-state index contributed by atoms with van der Waals surface area (Å²) in [7, 11) is 0. The standard InChI is InChI=1S/C21H26N2O2/c24-21(14-9-17-25-18-10-3-1-4-11-18)22-19-12-5-6-13-20(19)23-15-7-2-8-16-23/h1,3-6,10-13H,2,7-9,14-17H2,(H,22,24). The van der Waals surface area contributed by atoms with Crippen LogP contribution in [0.2, 0.25) is 0 Å². The molecule has 0 spiro atoms. The van der Waals surface area contributed by atoms with Crippen LogP contribution in [0, 0.1) is 0 Å². The van der Waals surface area contributed by atoms with Crippen molar-refractivity contribution in [2.24, 2.45) is 0 Å². The van der Waals surface area contributed by atoms with Crippen molar-refractivity contribution in [2.75, 3.05) is 29.9 Å². The molecule has 132 valence electrons. The van der Waals surface area contributed by atoms with Crippen molar-refractivity contribution in [1.82, 2.24) is 0 Å². The zero-order valence-electron chi connectivity index (χ0n) is 14.6. The Kier molecular flexibility index (Phi) is 6.32. The van der Waals surface area contributed by atoms with Gasteiger partial charge >= 0.3 is 0 Å². The predicted octanol–water partition coefficient (Wildman–Crippen LogP) is 4.47. The fourth-order valence-corrected chi connectivity index (χ4v) is 3.14. The van der Waals surface area contributed by atoms with Gasteiger partial charge in [0.1, 0.15) is 5.75 Å². The van der Waals surface area contributed by atoms with Crippen molar-refractivity contribution in [3.8, 4) is 5.75 Å². The third-order valence-electron chi connectivity index (χ3n) is 4.43. The van der Waals surface area contributed by atoms with Crippen LogP contribution >= 0.6 is 0 Å². The monoisotopic (exact) mass is 338 g/mol. The summed E-state index contributed by atoms with van der Waals surface area (Å²) in [4.78, 5) is 14.6. The lowest BCUT2D eigenvalue weighted by molar-refractivity contribution is -0.116. The molecule has 1 amide bonds. The Hall–Kier alpha value is -2.49. The smallest absolute Gasteiger partial charge is 0.224 e. The number of amides is 1. The molecule has 0 saturated carbocycles. The Labute approximate surface area is 149 Å². The highest BCUT2D eigenvalue weighted by Crippen LogP contribution is 2.28. The molecule has 3 rings (SSSR count). The van der Waals surface area contributed by atoms with Gasteiger partial charge in [-0.05, 0) is 49.9 Å². The zero-order chi connectivity index (χ0) is 17.3. The number of nitrogens with one attached hydrogen (secondary N) is 1. The van der Waals surface area contributed by atoms with Crippen LogP contribution < -0.4 is 15.0 Å². The van der Waals surface area contributed by atoms with E-state index >= 15 is 0 Å². The fraction of sp³-hybridized carbons (Fsp3) is 0.381. The van der Waals surface area contributed by atoms with Crippen molar-refractivity contribution in [3.05, 3.63) is 54.6 Å². The van der Waals surface area contributed by atoms with Gasteiger partial charge in [0.05, 0.1) is 18.0 Å². The van der Waals surface area contributed by atoms with E-state index in [2.05, 4.69) is 16.3 Å². The van der Waals surface area contributed by atoms with Gasteiger partial charge in [0.25, 0.3) is 0 Å². The lowest BCUT2D eigenvalue weighted by Gasteiger charge is -2.30. The largest absolute Gasteiger partial charge is 0.494 e. The second-order valence-corrected chi connectivity index (χ2v) is 6.38. The van der Waals surface area contributed by atoms with Crippen LogP contribution in [0.5, 0.6) is 5.75 Å². The highest BCUT2D eigenvalue weighted by molar-refractivity contribution is 5.94. The van der Waals surface area contributed by atoms with E-state index in [-0.39, 0.29) is 5.91 Å². The molecule has 0 aromatic heterocycles. The molecule has 0 radical (unpaired) electrons. The number of ether oxygens (including phenoxy) is 1. The molecule has 4 heteroatoms. The first-order chi connectivity index (χ1) is 12.3. The van der Waals surface area contributed by atoms with E-state index in [9.17, 15) is 4.79 Å². The number of carbonyl (C=O) groups excluding carboxylic acids is 1. The number of carbonyl (C=O) groups is 1. The maximum atomic E-state index is 12.3. The second-order valence-electron chi connectivity index (χ2n) is 6.38. The van der Waals surface area contributed by atoms with Crippen molar-refractivity contribution >= 4 is 17.3 Å². The highest BCUT2D eigenvalue weighted by atomic mass is 16.5. The van der Waals surface area contributed by atoms with Gasteiger partial charge in [0.15, 0.2) is 0 Å². The molecular weight excluding hydrogens is 312 g/mol. The lowest BCUT2D eigenvalue weighted by Crippen LogP contribution is -2.30. The Balaban J connectivity index is 1.47. The summed E-state index contributed by atoms with van der Waals surface area (Å²) < 4.78 is 5.64. The van der Waals surface area contributed by atoms with E-state index in [1.165, 1.54) is 19.3 Å². The first-order valence-corrected chi connectivity index (χ1v) is 9.14. The summed E-state index contributed by atoms with van der Waals surface area (Å²) in [6.07, 6.45) is 4.90. The topological polar surface area (TPSA) is 41.6 Å². The van der Waals surface area contributed by atoms with Gasteiger partial charge in [-0.3, -0.25) is 4.79 Å². The average Bonchev–Trinajstić information content (AvgIpc) is 2.67. The Bertz CT molecular complexity index is 667. The normalized spacial score (nSPS) is 14.2. The number of hydrogen-bond donors (Lipinski definition) is 1. The van der Waals surface area contributed by atoms with Gasteiger partial charge in [-0.2, -0.15) is 0 Å². The van der Waals surface area contributed by atoms with Gasteiger partial charge < -0.3 is 15.0 Å². The molecule has 0 unspecified atom stereocenters. The van der Waals surface area contributed by atoms with Crippen LogP contribution in [-0.4, -0.2) is 25.6 Å². The molecule has 1 heterocycles. The minimum Gasteiger partial charge on any atom is -0.494 e. The third-order valence-corrected chi connectivity index (χ3v) is 4.43. The first-order valence-electron chi connectivity index (χ1n) is 9.14. The number of anilines is 2. The molecule has 1 saturated heterocycles. The van der Waals surface area contributed by atoms with E-state index < -0.39 is 0 Å². The van der Waals surface area contributed by atoms with Crippen molar-refractivity contribution in [3.63, 3.8) is 0 Å². The lowest BCUT2D eigenvalue weighted by atomic mass is 10.1. The molecule has 1 fully saturated rings. The molecule has 2 aromatic rings.